The van der Waals surface area contributed by atoms with Gasteiger partial charge in [-0.05, 0) is 29.8 Å². The Morgan fingerprint density at radius 3 is 2.41 bits per heavy atom. The summed E-state index contributed by atoms with van der Waals surface area (Å²) < 4.78 is 16.5. The summed E-state index contributed by atoms with van der Waals surface area (Å²) in [6.07, 6.45) is 0. The van der Waals surface area contributed by atoms with Gasteiger partial charge in [-0.15, -0.1) is 0 Å². The zero-order chi connectivity index (χ0) is 22.1. The number of nitrogens with one attached hydrogen (secondary N) is 1. The summed E-state index contributed by atoms with van der Waals surface area (Å²) in [6, 6.07) is 21.3. The van der Waals surface area contributed by atoms with Crippen LogP contribution in [0.1, 0.15) is 5.56 Å². The van der Waals surface area contributed by atoms with Gasteiger partial charge in [0.05, 0.1) is 18.4 Å². The van der Waals surface area contributed by atoms with E-state index in [0.29, 0.717) is 53.0 Å². The van der Waals surface area contributed by atoms with Crippen molar-refractivity contribution in [2.75, 3.05) is 30.5 Å². The van der Waals surface area contributed by atoms with Crippen LogP contribution in [0.3, 0.4) is 0 Å². The number of carbonyl (C=O) groups is 2. The van der Waals surface area contributed by atoms with Crippen LogP contribution >= 0.6 is 0 Å². The largest absolute Gasteiger partial charge is 0.497 e. The number of ether oxygens (including phenoxy) is 3. The zero-order valence-corrected chi connectivity index (χ0v) is 17.3. The molecule has 0 spiro atoms. The molecule has 2 aliphatic heterocycles. The highest BCUT2D eigenvalue weighted by molar-refractivity contribution is 6.46. The zero-order valence-electron chi connectivity index (χ0n) is 17.3. The average molecular weight is 428 g/mol. The van der Waals surface area contributed by atoms with Gasteiger partial charge < -0.3 is 19.5 Å². The molecule has 0 unspecified atom stereocenters. The van der Waals surface area contributed by atoms with E-state index in [4.69, 9.17) is 14.2 Å². The predicted octanol–water partition coefficient (Wildman–Crippen LogP) is 3.86. The average Bonchev–Trinajstić information content (AvgIpc) is 3.08. The van der Waals surface area contributed by atoms with Crippen molar-refractivity contribution in [2.24, 2.45) is 0 Å². The third-order valence-electron chi connectivity index (χ3n) is 5.27. The molecule has 0 atom stereocenters. The molecule has 5 rings (SSSR count). The Labute approximate surface area is 184 Å². The van der Waals surface area contributed by atoms with E-state index < -0.39 is 11.8 Å². The maximum atomic E-state index is 13.5. The highest BCUT2D eigenvalue weighted by Crippen LogP contribution is 2.37. The first-order valence-corrected chi connectivity index (χ1v) is 10.1. The molecule has 0 aliphatic carbocycles. The lowest BCUT2D eigenvalue weighted by Crippen LogP contribution is -2.32. The van der Waals surface area contributed by atoms with E-state index in [1.807, 2.05) is 18.2 Å². The first-order chi connectivity index (χ1) is 15.7. The van der Waals surface area contributed by atoms with Gasteiger partial charge in [0.2, 0.25) is 0 Å². The molecular weight excluding hydrogens is 408 g/mol. The summed E-state index contributed by atoms with van der Waals surface area (Å²) in [5.41, 5.74) is 2.20. The van der Waals surface area contributed by atoms with E-state index in [-0.39, 0.29) is 5.70 Å². The third kappa shape index (κ3) is 3.43. The van der Waals surface area contributed by atoms with Gasteiger partial charge in [0.15, 0.2) is 11.5 Å². The maximum Gasteiger partial charge on any atom is 0.282 e. The van der Waals surface area contributed by atoms with Crippen molar-refractivity contribution in [1.82, 2.24) is 0 Å². The van der Waals surface area contributed by atoms with Gasteiger partial charge in [0, 0.05) is 17.8 Å². The van der Waals surface area contributed by atoms with E-state index in [0.717, 1.165) is 4.90 Å². The minimum absolute atomic E-state index is 0.195. The highest BCUT2D eigenvalue weighted by atomic mass is 16.6. The van der Waals surface area contributed by atoms with Crippen molar-refractivity contribution in [3.63, 3.8) is 0 Å². The van der Waals surface area contributed by atoms with Gasteiger partial charge in [-0.25, -0.2) is 4.90 Å². The van der Waals surface area contributed by atoms with Crippen LogP contribution in [0.2, 0.25) is 0 Å². The Balaban J connectivity index is 1.57. The SMILES string of the molecule is COc1cccc(N2C(=O)C(Nc3ccc4c(c3)OCCO4)=C(c3ccccc3)C2=O)c1. The van der Waals surface area contributed by atoms with Gasteiger partial charge in [-0.2, -0.15) is 0 Å². The molecule has 0 saturated carbocycles. The summed E-state index contributed by atoms with van der Waals surface area (Å²) in [5.74, 6) is 0.930. The summed E-state index contributed by atoms with van der Waals surface area (Å²) >= 11 is 0. The van der Waals surface area contributed by atoms with Gasteiger partial charge in [-0.3, -0.25) is 9.59 Å². The van der Waals surface area contributed by atoms with Crippen molar-refractivity contribution in [3.05, 3.63) is 84.1 Å². The number of rotatable bonds is 5. The number of hydrogen-bond acceptors (Lipinski definition) is 6. The van der Waals surface area contributed by atoms with Crippen LogP contribution in [-0.4, -0.2) is 32.1 Å². The summed E-state index contributed by atoms with van der Waals surface area (Å²) in [5, 5.41) is 3.15. The number of hydrogen-bond donors (Lipinski definition) is 1. The molecule has 7 heteroatoms. The van der Waals surface area contributed by atoms with Crippen LogP contribution in [0.25, 0.3) is 5.57 Å². The number of methoxy groups -OCH3 is 1. The Kier molecular flexibility index (Phi) is 4.99. The lowest BCUT2D eigenvalue weighted by atomic mass is 10.0. The molecule has 0 radical (unpaired) electrons. The van der Waals surface area contributed by atoms with E-state index >= 15 is 0 Å². The first-order valence-electron chi connectivity index (χ1n) is 10.1. The van der Waals surface area contributed by atoms with E-state index in [1.54, 1.807) is 54.6 Å². The summed E-state index contributed by atoms with van der Waals surface area (Å²) in [4.78, 5) is 28.1. The topological polar surface area (TPSA) is 77.1 Å². The number of fused-ring (bicyclic) bond motifs is 1. The second-order valence-electron chi connectivity index (χ2n) is 7.25. The van der Waals surface area contributed by atoms with E-state index in [2.05, 4.69) is 5.32 Å². The molecule has 0 saturated heterocycles. The Hall–Kier alpha value is -4.26. The number of nitrogens with zero attached hydrogens (tertiary/aromatic N) is 1. The Bertz CT molecular complexity index is 1240. The molecule has 3 aromatic carbocycles. The van der Waals surface area contributed by atoms with Gasteiger partial charge in [0.1, 0.15) is 24.7 Å². The fraction of sp³-hybridized carbons (Fsp3) is 0.120. The molecule has 32 heavy (non-hydrogen) atoms. The molecule has 2 aliphatic rings. The molecule has 1 N–H and O–H groups in total. The Morgan fingerprint density at radius 2 is 1.62 bits per heavy atom. The van der Waals surface area contributed by atoms with Crippen LogP contribution in [0.4, 0.5) is 11.4 Å². The van der Waals surface area contributed by atoms with Crippen molar-refractivity contribution in [2.45, 2.75) is 0 Å². The van der Waals surface area contributed by atoms with Crippen molar-refractivity contribution in [1.29, 1.82) is 0 Å². The molecule has 0 aromatic heterocycles. The molecule has 7 nitrogen and oxygen atoms in total. The standard InChI is InChI=1S/C25H20N2O5/c1-30-19-9-5-8-18(15-19)27-24(28)22(16-6-3-2-4-7-16)23(25(27)29)26-17-10-11-20-21(14-17)32-13-12-31-20/h2-11,14-15,26H,12-13H2,1H3. The number of anilines is 2. The molecule has 160 valence electrons. The normalized spacial score (nSPS) is 15.2. The predicted molar refractivity (Wildman–Crippen MR) is 120 cm³/mol. The molecule has 2 heterocycles. The lowest BCUT2D eigenvalue weighted by Gasteiger charge is -2.19. The van der Waals surface area contributed by atoms with E-state index in [9.17, 15) is 9.59 Å². The lowest BCUT2D eigenvalue weighted by molar-refractivity contribution is -0.120. The highest BCUT2D eigenvalue weighted by Gasteiger charge is 2.40. The number of benzene rings is 3. The summed E-state index contributed by atoms with van der Waals surface area (Å²) in [6.45, 7) is 0.945. The van der Waals surface area contributed by atoms with E-state index in [1.165, 1.54) is 7.11 Å². The molecule has 0 fully saturated rings. The first kappa shape index (κ1) is 19.7. The second-order valence-corrected chi connectivity index (χ2v) is 7.25. The third-order valence-corrected chi connectivity index (χ3v) is 5.27. The van der Waals surface area contributed by atoms with Crippen molar-refractivity contribution < 1.29 is 23.8 Å². The van der Waals surface area contributed by atoms with Crippen molar-refractivity contribution >= 4 is 28.8 Å². The molecule has 2 amide bonds. The van der Waals surface area contributed by atoms with Crippen molar-refractivity contribution in [3.8, 4) is 17.2 Å². The maximum absolute atomic E-state index is 13.5. The minimum atomic E-state index is -0.447. The quantitative estimate of drug-likeness (QED) is 0.622. The Morgan fingerprint density at radius 1 is 0.844 bits per heavy atom. The fourth-order valence-electron chi connectivity index (χ4n) is 3.77. The van der Waals surface area contributed by atoms with Gasteiger partial charge >= 0.3 is 0 Å². The van der Waals surface area contributed by atoms with Crippen LogP contribution < -0.4 is 24.4 Å². The molecule has 0 bridgehead atoms. The van der Waals surface area contributed by atoms with Gasteiger partial charge in [0.25, 0.3) is 11.8 Å². The van der Waals surface area contributed by atoms with Crippen LogP contribution in [-0.2, 0) is 9.59 Å². The summed E-state index contributed by atoms with van der Waals surface area (Å²) in [7, 11) is 1.54. The van der Waals surface area contributed by atoms with Crippen LogP contribution in [0.5, 0.6) is 17.2 Å². The smallest absolute Gasteiger partial charge is 0.282 e. The fourth-order valence-corrected chi connectivity index (χ4v) is 3.77. The van der Waals surface area contributed by atoms with Gasteiger partial charge in [-0.1, -0.05) is 36.4 Å². The second kappa shape index (κ2) is 8.11. The van der Waals surface area contributed by atoms with Crippen LogP contribution in [0, 0.1) is 0 Å². The molecular formula is C25H20N2O5. The number of amides is 2. The number of carbonyl (C=O) groups excluding carboxylic acids is 2. The van der Waals surface area contributed by atoms with Crippen LogP contribution in [0.15, 0.2) is 78.5 Å². The number of imide groups is 1. The minimum Gasteiger partial charge on any atom is -0.497 e. The monoisotopic (exact) mass is 428 g/mol. The molecule has 3 aromatic rings.